The smallest absolute Gasteiger partial charge is 0.241 e. The predicted molar refractivity (Wildman–Crippen MR) is 98.3 cm³/mol. The summed E-state index contributed by atoms with van der Waals surface area (Å²) in [7, 11) is 1.59. The number of aryl methyl sites for hydroxylation is 1. The summed E-state index contributed by atoms with van der Waals surface area (Å²) in [5, 5.41) is 16.6. The highest BCUT2D eigenvalue weighted by Crippen LogP contribution is 2.59. The Labute approximate surface area is 159 Å². The maximum absolute atomic E-state index is 6.42. The minimum atomic E-state index is -1.09. The third-order valence-corrected chi connectivity index (χ3v) is 5.24. The first-order valence-corrected chi connectivity index (χ1v) is 8.46. The first-order chi connectivity index (χ1) is 13.5. The van der Waals surface area contributed by atoms with E-state index in [1.807, 2.05) is 31.2 Å². The summed E-state index contributed by atoms with van der Waals surface area (Å²) < 4.78 is 10.3. The Morgan fingerprint density at radius 3 is 2.86 bits per heavy atom. The number of hydrazine groups is 1. The molecule has 12 nitrogen and oxygen atoms in total. The molecule has 0 aliphatic carbocycles. The van der Waals surface area contributed by atoms with Gasteiger partial charge in [-0.25, -0.2) is 14.6 Å². The van der Waals surface area contributed by atoms with Crippen LogP contribution in [0.5, 0.6) is 5.75 Å². The molecular weight excluding hydrogens is 366 g/mol. The highest BCUT2D eigenvalue weighted by molar-refractivity contribution is 6.45. The van der Waals surface area contributed by atoms with Gasteiger partial charge in [-0.15, -0.1) is 0 Å². The summed E-state index contributed by atoms with van der Waals surface area (Å²) in [6, 6.07) is 7.45. The molecule has 0 saturated carbocycles. The standard InChI is InChI=1S/C16H17N9O3/c1-8-11(22-27-21-8)15(2)16(25(15)17)14(19-12-13(20-16)24-28-23-12)18-9-6-4-5-7-10(9)26-3/h4-7H,17H2,1-3H3,(H,20,24)(H,18,19,23). The Morgan fingerprint density at radius 1 is 1.29 bits per heavy atom. The van der Waals surface area contributed by atoms with Gasteiger partial charge in [-0.1, -0.05) is 22.4 Å². The molecule has 0 amide bonds. The maximum Gasteiger partial charge on any atom is 0.241 e. The SMILES string of the molecule is COc1ccccc1NC1=NC2=NONC2=NC12N(N)C2(C)c1nonc1C. The van der Waals surface area contributed by atoms with Crippen molar-refractivity contribution in [3.05, 3.63) is 35.7 Å². The number of oxime groups is 1. The third-order valence-electron chi connectivity index (χ3n) is 5.24. The van der Waals surface area contributed by atoms with E-state index in [0.29, 0.717) is 40.3 Å². The summed E-state index contributed by atoms with van der Waals surface area (Å²) >= 11 is 0. The minimum absolute atomic E-state index is 0.306. The van der Waals surface area contributed by atoms with E-state index < -0.39 is 11.2 Å². The number of amidine groups is 3. The number of anilines is 1. The van der Waals surface area contributed by atoms with Crippen LogP contribution in [0.1, 0.15) is 18.3 Å². The number of fused-ring (bicyclic) bond motifs is 1. The largest absolute Gasteiger partial charge is 0.495 e. The van der Waals surface area contributed by atoms with Gasteiger partial charge in [0.1, 0.15) is 22.7 Å². The number of hydrogen-bond acceptors (Lipinski definition) is 12. The number of hydroxylamine groups is 1. The van der Waals surface area contributed by atoms with Crippen molar-refractivity contribution in [2.45, 2.75) is 25.0 Å². The molecule has 1 saturated heterocycles. The Morgan fingerprint density at radius 2 is 2.11 bits per heavy atom. The number of nitrogens with zero attached hydrogens (tertiary/aromatic N) is 6. The van der Waals surface area contributed by atoms with Crippen LogP contribution >= 0.6 is 0 Å². The van der Waals surface area contributed by atoms with Crippen LogP contribution in [-0.2, 0) is 10.5 Å². The van der Waals surface area contributed by atoms with Crippen molar-refractivity contribution < 1.29 is 14.3 Å². The molecular formula is C16H17N9O3. The maximum atomic E-state index is 6.42. The lowest BCUT2D eigenvalue weighted by molar-refractivity contribution is 0.106. The van der Waals surface area contributed by atoms with Crippen LogP contribution in [0.25, 0.3) is 0 Å². The Hall–Kier alpha value is -3.51. The fourth-order valence-electron chi connectivity index (χ4n) is 3.68. The number of hydrogen-bond donors (Lipinski definition) is 3. The molecule has 4 N–H and O–H groups in total. The molecule has 2 aromatic rings. The van der Waals surface area contributed by atoms with Crippen molar-refractivity contribution in [2.24, 2.45) is 21.0 Å². The van der Waals surface area contributed by atoms with Gasteiger partial charge < -0.3 is 10.1 Å². The molecule has 3 aliphatic rings. The lowest BCUT2D eigenvalue weighted by Crippen LogP contribution is -2.44. The fraction of sp³-hybridized carbons (Fsp3) is 0.312. The van der Waals surface area contributed by atoms with Gasteiger partial charge in [0, 0.05) is 0 Å². The molecule has 4 heterocycles. The molecule has 3 aliphatic heterocycles. The fourth-order valence-corrected chi connectivity index (χ4v) is 3.68. The van der Waals surface area contributed by atoms with Crippen LogP contribution in [0.3, 0.4) is 0 Å². The number of ether oxygens (including phenoxy) is 1. The van der Waals surface area contributed by atoms with Crippen molar-refractivity contribution >= 4 is 23.2 Å². The topological polar surface area (TPSA) is 148 Å². The molecule has 3 unspecified atom stereocenters. The second kappa shape index (κ2) is 5.50. The van der Waals surface area contributed by atoms with Crippen molar-refractivity contribution in [3.63, 3.8) is 0 Å². The van der Waals surface area contributed by atoms with Crippen molar-refractivity contribution in [3.8, 4) is 5.75 Å². The number of aliphatic imine (C=N–C) groups is 2. The van der Waals surface area contributed by atoms with E-state index in [-0.39, 0.29) is 0 Å². The number of methoxy groups -OCH3 is 1. The Balaban J connectivity index is 1.64. The monoisotopic (exact) mass is 383 g/mol. The summed E-state index contributed by atoms with van der Waals surface area (Å²) in [4.78, 5) is 14.3. The molecule has 1 aromatic carbocycles. The first-order valence-electron chi connectivity index (χ1n) is 8.46. The number of rotatable bonds is 3. The highest BCUT2D eigenvalue weighted by Gasteiger charge is 2.79. The molecule has 28 heavy (non-hydrogen) atoms. The summed E-state index contributed by atoms with van der Waals surface area (Å²) in [6.45, 7) is 3.68. The van der Waals surface area contributed by atoms with Gasteiger partial charge in [-0.05, 0) is 31.1 Å². The number of para-hydroxylation sites is 2. The number of nitrogens with two attached hydrogens (primary N) is 1. The third kappa shape index (κ3) is 1.92. The van der Waals surface area contributed by atoms with Gasteiger partial charge in [0.2, 0.25) is 17.3 Å². The van der Waals surface area contributed by atoms with Gasteiger partial charge >= 0.3 is 0 Å². The summed E-state index contributed by atoms with van der Waals surface area (Å²) in [6.07, 6.45) is 0. The molecule has 0 bridgehead atoms. The van der Waals surface area contributed by atoms with Gasteiger partial charge in [0.15, 0.2) is 5.84 Å². The minimum Gasteiger partial charge on any atom is -0.495 e. The highest BCUT2D eigenvalue weighted by atomic mass is 16.8. The van der Waals surface area contributed by atoms with Crippen LogP contribution in [0.15, 0.2) is 44.0 Å². The zero-order valence-corrected chi connectivity index (χ0v) is 15.3. The van der Waals surface area contributed by atoms with Gasteiger partial charge in [-0.3, -0.25) is 10.8 Å². The van der Waals surface area contributed by atoms with Crippen molar-refractivity contribution in [2.75, 3.05) is 12.4 Å². The van der Waals surface area contributed by atoms with E-state index >= 15 is 0 Å². The zero-order chi connectivity index (χ0) is 19.5. The normalized spacial score (nSPS) is 29.9. The molecule has 12 heteroatoms. The quantitative estimate of drug-likeness (QED) is 0.501. The van der Waals surface area contributed by atoms with Crippen LogP contribution < -0.4 is 21.4 Å². The van der Waals surface area contributed by atoms with Crippen LogP contribution in [0, 0.1) is 6.92 Å². The zero-order valence-electron chi connectivity index (χ0n) is 15.3. The number of nitrogens with one attached hydrogen (secondary N) is 2. The van der Waals surface area contributed by atoms with Gasteiger partial charge in [0.05, 0.1) is 12.8 Å². The van der Waals surface area contributed by atoms with Gasteiger partial charge in [0.25, 0.3) is 0 Å². The van der Waals surface area contributed by atoms with E-state index in [4.69, 9.17) is 25.1 Å². The first kappa shape index (κ1) is 16.6. The number of benzene rings is 1. The van der Waals surface area contributed by atoms with E-state index in [2.05, 4.69) is 31.3 Å². The van der Waals surface area contributed by atoms with Crippen LogP contribution in [0.4, 0.5) is 5.69 Å². The van der Waals surface area contributed by atoms with Crippen molar-refractivity contribution in [1.82, 2.24) is 20.8 Å². The van der Waals surface area contributed by atoms with Gasteiger partial charge in [-0.2, -0.15) is 10.5 Å². The molecule has 1 spiro atoms. The van der Waals surface area contributed by atoms with Crippen LogP contribution in [0.2, 0.25) is 0 Å². The summed E-state index contributed by atoms with van der Waals surface area (Å²) in [5.74, 6) is 8.19. The van der Waals surface area contributed by atoms with E-state index in [0.717, 1.165) is 0 Å². The Bertz CT molecular complexity index is 1060. The lowest BCUT2D eigenvalue weighted by Gasteiger charge is -2.22. The number of aromatic nitrogens is 2. The van der Waals surface area contributed by atoms with Crippen molar-refractivity contribution in [1.29, 1.82) is 0 Å². The van der Waals surface area contributed by atoms with E-state index in [1.54, 1.807) is 14.0 Å². The molecule has 3 atom stereocenters. The molecule has 1 aromatic heterocycles. The average Bonchev–Trinajstić information content (AvgIpc) is 3.15. The predicted octanol–water partition coefficient (Wildman–Crippen LogP) is 0.258. The lowest BCUT2D eigenvalue weighted by atomic mass is 9.95. The second-order valence-corrected chi connectivity index (χ2v) is 6.67. The van der Waals surface area contributed by atoms with Crippen LogP contribution in [-0.4, -0.2) is 45.6 Å². The van der Waals surface area contributed by atoms with E-state index in [1.165, 1.54) is 5.01 Å². The summed E-state index contributed by atoms with van der Waals surface area (Å²) in [5.41, 5.74) is 2.56. The molecule has 0 radical (unpaired) electrons. The molecule has 144 valence electrons. The van der Waals surface area contributed by atoms with E-state index in [9.17, 15) is 0 Å². The molecule has 1 fully saturated rings. The second-order valence-electron chi connectivity index (χ2n) is 6.67. The Kier molecular flexibility index (Phi) is 3.27. The molecule has 5 rings (SSSR count). The average molecular weight is 383 g/mol.